The number of aliphatic hydroxyl groups excluding tert-OH is 1. The first-order chi connectivity index (χ1) is 11.0. The van der Waals surface area contributed by atoms with Crippen LogP contribution in [0, 0.1) is 29.4 Å². The lowest BCUT2D eigenvalue weighted by atomic mass is 10.2. The molecule has 0 heterocycles. The maximum absolute atomic E-state index is 13.0. The Morgan fingerprint density at radius 1 is 1.26 bits per heavy atom. The number of halogens is 2. The minimum Gasteiger partial charge on any atom is -0.492 e. The smallest absolute Gasteiger partial charge is 0.129 e. The van der Waals surface area contributed by atoms with E-state index in [2.05, 4.69) is 17.2 Å². The molecule has 1 aliphatic rings. The van der Waals surface area contributed by atoms with Crippen LogP contribution >= 0.6 is 0 Å². The third-order valence-electron chi connectivity index (χ3n) is 3.55. The highest BCUT2D eigenvalue weighted by atomic mass is 19.1. The fourth-order valence-corrected chi connectivity index (χ4v) is 1.95. The number of ether oxygens (including phenoxy) is 1. The predicted molar refractivity (Wildman–Crippen MR) is 83.8 cm³/mol. The molecule has 0 saturated heterocycles. The third-order valence-corrected chi connectivity index (χ3v) is 3.55. The third kappa shape index (κ3) is 6.95. The Balaban J connectivity index is 1.63. The van der Waals surface area contributed by atoms with Gasteiger partial charge in [-0.1, -0.05) is 5.92 Å². The lowest BCUT2D eigenvalue weighted by Gasteiger charge is -2.19. The monoisotopic (exact) mass is 324 g/mol. The molecule has 0 spiro atoms. The number of benzene rings is 1. The zero-order valence-electron chi connectivity index (χ0n) is 12.9. The highest BCUT2D eigenvalue weighted by molar-refractivity contribution is 5.23. The van der Waals surface area contributed by atoms with Gasteiger partial charge >= 0.3 is 0 Å². The molecule has 0 aliphatic heterocycles. The van der Waals surface area contributed by atoms with Gasteiger partial charge in [0, 0.05) is 31.2 Å². The number of hydrogen-bond acceptors (Lipinski definition) is 4. The summed E-state index contributed by atoms with van der Waals surface area (Å²) < 4.78 is 31.2. The summed E-state index contributed by atoms with van der Waals surface area (Å²) in [7, 11) is 0. The first-order valence-electron chi connectivity index (χ1n) is 7.73. The Labute approximate surface area is 135 Å². The summed E-state index contributed by atoms with van der Waals surface area (Å²) in [6.45, 7) is 0.728. The molecule has 0 amide bonds. The topological polar surface area (TPSA) is 67.5 Å². The zero-order chi connectivity index (χ0) is 16.7. The number of aliphatic hydroxyl groups is 1. The minimum atomic E-state index is -0.835. The Hall–Kier alpha value is -1.68. The molecular formula is C17H22F2N2O2. The van der Waals surface area contributed by atoms with Crippen LogP contribution in [-0.4, -0.2) is 36.9 Å². The van der Waals surface area contributed by atoms with Crippen molar-refractivity contribution in [2.45, 2.75) is 31.4 Å². The van der Waals surface area contributed by atoms with Crippen molar-refractivity contribution in [2.24, 2.45) is 11.7 Å². The molecule has 126 valence electrons. The average Bonchev–Trinajstić information content (AvgIpc) is 3.31. The van der Waals surface area contributed by atoms with E-state index in [1.54, 1.807) is 0 Å². The van der Waals surface area contributed by atoms with Crippen LogP contribution in [0.3, 0.4) is 0 Å². The summed E-state index contributed by atoms with van der Waals surface area (Å²) in [5.41, 5.74) is 5.79. The quantitative estimate of drug-likeness (QED) is 0.500. The van der Waals surface area contributed by atoms with Gasteiger partial charge in [-0.25, -0.2) is 8.78 Å². The van der Waals surface area contributed by atoms with Gasteiger partial charge < -0.3 is 20.9 Å². The van der Waals surface area contributed by atoms with Gasteiger partial charge in [-0.15, -0.1) is 5.92 Å². The maximum atomic E-state index is 13.0. The molecule has 1 fully saturated rings. The van der Waals surface area contributed by atoms with Crippen LogP contribution < -0.4 is 15.8 Å². The van der Waals surface area contributed by atoms with E-state index in [0.717, 1.165) is 30.5 Å². The number of rotatable bonds is 8. The zero-order valence-corrected chi connectivity index (χ0v) is 12.9. The molecule has 4 nitrogen and oxygen atoms in total. The van der Waals surface area contributed by atoms with Gasteiger partial charge in [0.05, 0.1) is 18.7 Å². The summed E-state index contributed by atoms with van der Waals surface area (Å²) >= 11 is 0. The van der Waals surface area contributed by atoms with Crippen molar-refractivity contribution in [1.82, 2.24) is 5.32 Å². The van der Waals surface area contributed by atoms with Crippen LogP contribution in [0.2, 0.25) is 0 Å². The number of nitrogens with one attached hydrogen (secondary N) is 1. The molecule has 2 rings (SSSR count). The Kier molecular flexibility index (Phi) is 6.78. The van der Waals surface area contributed by atoms with E-state index in [4.69, 9.17) is 10.5 Å². The highest BCUT2D eigenvalue weighted by Crippen LogP contribution is 2.31. The summed E-state index contributed by atoms with van der Waals surface area (Å²) in [6.07, 6.45) is 2.68. The van der Waals surface area contributed by atoms with E-state index in [1.807, 2.05) is 0 Å². The summed E-state index contributed by atoms with van der Waals surface area (Å²) in [5, 5.41) is 12.9. The summed E-state index contributed by atoms with van der Waals surface area (Å²) in [6, 6.07) is 2.22. The fraction of sp³-hybridized carbons (Fsp3) is 0.529. The van der Waals surface area contributed by atoms with Gasteiger partial charge in [-0.05, 0) is 18.8 Å². The van der Waals surface area contributed by atoms with E-state index < -0.39 is 23.8 Å². The van der Waals surface area contributed by atoms with Crippen LogP contribution in [0.25, 0.3) is 0 Å². The molecule has 0 bridgehead atoms. The standard InChI is InChI=1S/C17H22F2N2O2/c18-13-7-14(19)9-15(8-13)23-11-16(20)17(22)10-21-6-2-1-3-12-4-5-12/h7-9,12,16-17,21-22H,3-6,10-11,20H2/t16-,17+/m0/s1. The van der Waals surface area contributed by atoms with Crippen LogP contribution in [0.5, 0.6) is 5.75 Å². The van der Waals surface area contributed by atoms with Crippen LogP contribution in [-0.2, 0) is 0 Å². The number of hydrogen-bond donors (Lipinski definition) is 3. The van der Waals surface area contributed by atoms with Crippen LogP contribution in [0.1, 0.15) is 19.3 Å². The fourth-order valence-electron chi connectivity index (χ4n) is 1.95. The molecule has 1 aromatic rings. The van der Waals surface area contributed by atoms with Crippen molar-refractivity contribution in [3.63, 3.8) is 0 Å². The summed E-state index contributed by atoms with van der Waals surface area (Å²) in [4.78, 5) is 0. The molecule has 1 aliphatic carbocycles. The van der Waals surface area contributed by atoms with Gasteiger partial charge in [0.25, 0.3) is 0 Å². The van der Waals surface area contributed by atoms with Crippen molar-refractivity contribution < 1.29 is 18.6 Å². The Morgan fingerprint density at radius 2 is 1.96 bits per heavy atom. The molecule has 4 N–H and O–H groups in total. The van der Waals surface area contributed by atoms with Crippen molar-refractivity contribution >= 4 is 0 Å². The predicted octanol–water partition coefficient (Wildman–Crippen LogP) is 1.42. The maximum Gasteiger partial charge on any atom is 0.129 e. The van der Waals surface area contributed by atoms with Crippen LogP contribution in [0.15, 0.2) is 18.2 Å². The molecule has 1 aromatic carbocycles. The lowest BCUT2D eigenvalue weighted by molar-refractivity contribution is 0.115. The first-order valence-corrected chi connectivity index (χ1v) is 7.73. The largest absolute Gasteiger partial charge is 0.492 e. The van der Waals surface area contributed by atoms with Crippen molar-refractivity contribution in [3.05, 3.63) is 29.8 Å². The summed E-state index contributed by atoms with van der Waals surface area (Å²) in [5.74, 6) is 5.47. The molecule has 23 heavy (non-hydrogen) atoms. The molecule has 2 atom stereocenters. The Morgan fingerprint density at radius 3 is 2.61 bits per heavy atom. The van der Waals surface area contributed by atoms with E-state index in [9.17, 15) is 13.9 Å². The van der Waals surface area contributed by atoms with E-state index in [0.29, 0.717) is 6.54 Å². The first kappa shape index (κ1) is 17.7. The lowest BCUT2D eigenvalue weighted by Crippen LogP contribution is -2.45. The van der Waals surface area contributed by atoms with Gasteiger partial charge in [-0.3, -0.25) is 0 Å². The molecular weight excluding hydrogens is 302 g/mol. The highest BCUT2D eigenvalue weighted by Gasteiger charge is 2.19. The van der Waals surface area contributed by atoms with Crippen LogP contribution in [0.4, 0.5) is 8.78 Å². The van der Waals surface area contributed by atoms with Gasteiger partial charge in [0.1, 0.15) is 24.0 Å². The van der Waals surface area contributed by atoms with Crippen molar-refractivity contribution in [1.29, 1.82) is 0 Å². The molecule has 6 heteroatoms. The van der Waals surface area contributed by atoms with Crippen molar-refractivity contribution in [3.8, 4) is 17.6 Å². The normalized spacial score (nSPS) is 16.3. The van der Waals surface area contributed by atoms with E-state index >= 15 is 0 Å². The number of nitrogens with two attached hydrogens (primary N) is 1. The second-order valence-corrected chi connectivity index (χ2v) is 5.78. The Bertz CT molecular complexity index is 547. The van der Waals surface area contributed by atoms with Crippen molar-refractivity contribution in [2.75, 3.05) is 19.7 Å². The molecule has 0 radical (unpaired) electrons. The molecule has 0 unspecified atom stereocenters. The average molecular weight is 324 g/mol. The van der Waals surface area contributed by atoms with E-state index in [-0.39, 0.29) is 18.9 Å². The minimum absolute atomic E-state index is 0.0426. The SMILES string of the molecule is N[C@@H](COc1cc(F)cc(F)c1)[C@H](O)CNCC#CCC1CC1. The van der Waals surface area contributed by atoms with Gasteiger partial charge in [0.2, 0.25) is 0 Å². The molecule has 1 saturated carbocycles. The molecule has 0 aromatic heterocycles. The second kappa shape index (κ2) is 8.82. The van der Waals surface area contributed by atoms with Gasteiger partial charge in [0.15, 0.2) is 0 Å². The van der Waals surface area contributed by atoms with Gasteiger partial charge in [-0.2, -0.15) is 0 Å². The van der Waals surface area contributed by atoms with E-state index in [1.165, 1.54) is 12.8 Å². The second-order valence-electron chi connectivity index (χ2n) is 5.78.